The number of aromatic nitrogens is 2. The number of H-pyrrole nitrogens is 1. The first-order valence-corrected chi connectivity index (χ1v) is 6.01. The van der Waals surface area contributed by atoms with Gasteiger partial charge in [-0.3, -0.25) is 4.79 Å². The average molecular weight is 251 g/mol. The number of ether oxygens (including phenoxy) is 1. The molecule has 1 heterocycles. The molecule has 0 saturated heterocycles. The van der Waals surface area contributed by atoms with Gasteiger partial charge in [-0.05, 0) is 19.8 Å². The molecule has 98 valence electrons. The number of nitrogens with zero attached hydrogens (tertiary/aromatic N) is 1. The van der Waals surface area contributed by atoms with Crippen molar-refractivity contribution in [3.05, 3.63) is 17.7 Å². The normalized spacial score (nSPS) is 19.8. The highest BCUT2D eigenvalue weighted by molar-refractivity contribution is 5.85. The molecule has 2 rings (SSSR count). The van der Waals surface area contributed by atoms with Crippen LogP contribution in [0.2, 0.25) is 0 Å². The fourth-order valence-electron chi connectivity index (χ4n) is 2.19. The number of methoxy groups -OCH3 is 1. The van der Waals surface area contributed by atoms with Crippen LogP contribution in [0.15, 0.2) is 6.33 Å². The van der Waals surface area contributed by atoms with E-state index in [1.165, 1.54) is 7.11 Å². The van der Waals surface area contributed by atoms with Gasteiger partial charge in [0.1, 0.15) is 6.04 Å². The Labute approximate surface area is 105 Å². The number of nitrogens with one attached hydrogen (secondary N) is 2. The van der Waals surface area contributed by atoms with E-state index in [-0.39, 0.29) is 11.8 Å². The predicted molar refractivity (Wildman–Crippen MR) is 63.7 cm³/mol. The first-order valence-electron chi connectivity index (χ1n) is 6.01. The van der Waals surface area contributed by atoms with Gasteiger partial charge in [0.05, 0.1) is 19.1 Å². The van der Waals surface area contributed by atoms with Crippen LogP contribution in [-0.4, -0.2) is 35.0 Å². The zero-order chi connectivity index (χ0) is 13.1. The van der Waals surface area contributed by atoms with Crippen molar-refractivity contribution >= 4 is 11.9 Å². The molecule has 0 bridgehead atoms. The van der Waals surface area contributed by atoms with E-state index in [0.717, 1.165) is 24.2 Å². The Morgan fingerprint density at radius 3 is 3.11 bits per heavy atom. The summed E-state index contributed by atoms with van der Waals surface area (Å²) in [5.74, 6) is -0.639. The van der Waals surface area contributed by atoms with E-state index >= 15 is 0 Å². The molecular formula is C12H17N3O3. The quantitative estimate of drug-likeness (QED) is 0.751. The van der Waals surface area contributed by atoms with Crippen molar-refractivity contribution in [1.82, 2.24) is 15.3 Å². The highest BCUT2D eigenvalue weighted by Crippen LogP contribution is 2.22. The summed E-state index contributed by atoms with van der Waals surface area (Å²) in [6, 6.07) is -0.606. The van der Waals surface area contributed by atoms with E-state index in [9.17, 15) is 9.59 Å². The predicted octanol–water partition coefficient (Wildman–Crippen LogP) is 0.192. The van der Waals surface area contributed by atoms with Crippen LogP contribution in [0.25, 0.3) is 0 Å². The Bertz CT molecular complexity index is 455. The second-order valence-electron chi connectivity index (χ2n) is 4.52. The lowest BCUT2D eigenvalue weighted by Crippen LogP contribution is -2.43. The molecule has 0 spiro atoms. The fourth-order valence-corrected chi connectivity index (χ4v) is 2.19. The molecule has 6 heteroatoms. The molecule has 1 amide bonds. The number of aryl methyl sites for hydroxylation is 1. The van der Waals surface area contributed by atoms with E-state index in [4.69, 9.17) is 0 Å². The van der Waals surface area contributed by atoms with Crippen LogP contribution >= 0.6 is 0 Å². The number of carbonyl (C=O) groups is 2. The van der Waals surface area contributed by atoms with Crippen LogP contribution in [0, 0.1) is 5.92 Å². The lowest BCUT2D eigenvalue weighted by atomic mass is 9.89. The Hall–Kier alpha value is -1.85. The van der Waals surface area contributed by atoms with Crippen molar-refractivity contribution in [2.75, 3.05) is 7.11 Å². The molecule has 0 aromatic carbocycles. The molecule has 1 aromatic rings. The molecule has 0 fully saturated rings. The van der Waals surface area contributed by atoms with Gasteiger partial charge in [0.15, 0.2) is 0 Å². The summed E-state index contributed by atoms with van der Waals surface area (Å²) in [4.78, 5) is 30.5. The first-order chi connectivity index (χ1) is 8.61. The fraction of sp³-hybridized carbons (Fsp3) is 0.583. The standard InChI is InChI=1S/C12H17N3O3/c1-7(12(17)18-2)15-11(16)8-3-4-9-10(5-8)14-6-13-9/h6-8H,3-5H2,1-2H3,(H,13,14)(H,15,16)/t7-,8?/m1/s1. The van der Waals surface area contributed by atoms with Gasteiger partial charge in [0.2, 0.25) is 5.91 Å². The molecule has 6 nitrogen and oxygen atoms in total. The monoisotopic (exact) mass is 251 g/mol. The number of hydrogen-bond acceptors (Lipinski definition) is 4. The van der Waals surface area contributed by atoms with Crippen LogP contribution in [0.5, 0.6) is 0 Å². The number of carbonyl (C=O) groups excluding carboxylic acids is 2. The molecule has 1 unspecified atom stereocenters. The third kappa shape index (κ3) is 2.52. The summed E-state index contributed by atoms with van der Waals surface area (Å²) in [6.45, 7) is 1.62. The maximum absolute atomic E-state index is 12.0. The van der Waals surface area contributed by atoms with Gasteiger partial charge in [-0.15, -0.1) is 0 Å². The zero-order valence-corrected chi connectivity index (χ0v) is 10.5. The number of fused-ring (bicyclic) bond motifs is 1. The Morgan fingerprint density at radius 2 is 2.39 bits per heavy atom. The van der Waals surface area contributed by atoms with E-state index < -0.39 is 12.0 Å². The summed E-state index contributed by atoms with van der Waals surface area (Å²) in [6.07, 6.45) is 3.86. The smallest absolute Gasteiger partial charge is 0.328 e. The Kier molecular flexibility index (Phi) is 3.64. The molecule has 0 aliphatic heterocycles. The third-order valence-corrected chi connectivity index (χ3v) is 3.27. The summed E-state index contributed by atoms with van der Waals surface area (Å²) < 4.78 is 4.57. The van der Waals surface area contributed by atoms with Gasteiger partial charge < -0.3 is 15.0 Å². The molecule has 1 aliphatic rings. The second-order valence-corrected chi connectivity index (χ2v) is 4.52. The molecule has 2 N–H and O–H groups in total. The number of amides is 1. The maximum Gasteiger partial charge on any atom is 0.328 e. The zero-order valence-electron chi connectivity index (χ0n) is 10.5. The Balaban J connectivity index is 1.93. The van der Waals surface area contributed by atoms with E-state index in [2.05, 4.69) is 20.0 Å². The van der Waals surface area contributed by atoms with Crippen LogP contribution in [-0.2, 0) is 27.2 Å². The minimum absolute atomic E-state index is 0.104. The Morgan fingerprint density at radius 1 is 1.61 bits per heavy atom. The third-order valence-electron chi connectivity index (χ3n) is 3.27. The minimum atomic E-state index is -0.606. The van der Waals surface area contributed by atoms with Crippen LogP contribution in [0.1, 0.15) is 24.7 Å². The summed E-state index contributed by atoms with van der Waals surface area (Å²) in [5, 5.41) is 2.68. The first kappa shape index (κ1) is 12.6. The molecule has 0 radical (unpaired) electrons. The summed E-state index contributed by atoms with van der Waals surface area (Å²) in [5.41, 5.74) is 2.06. The van der Waals surface area contributed by atoms with Gasteiger partial charge in [0, 0.05) is 18.0 Å². The molecule has 0 saturated carbocycles. The summed E-state index contributed by atoms with van der Waals surface area (Å²) >= 11 is 0. The molecule has 1 aromatic heterocycles. The number of rotatable bonds is 3. The van der Waals surface area contributed by atoms with E-state index in [1.54, 1.807) is 13.3 Å². The second kappa shape index (κ2) is 5.20. The van der Waals surface area contributed by atoms with Crippen molar-refractivity contribution < 1.29 is 14.3 Å². The van der Waals surface area contributed by atoms with Gasteiger partial charge in [-0.2, -0.15) is 0 Å². The highest BCUT2D eigenvalue weighted by atomic mass is 16.5. The molecule has 2 atom stereocenters. The molecular weight excluding hydrogens is 234 g/mol. The average Bonchev–Trinajstić information content (AvgIpc) is 2.84. The summed E-state index contributed by atoms with van der Waals surface area (Å²) in [7, 11) is 1.31. The van der Waals surface area contributed by atoms with Crippen molar-refractivity contribution in [3.8, 4) is 0 Å². The van der Waals surface area contributed by atoms with Gasteiger partial charge in [-0.1, -0.05) is 0 Å². The van der Waals surface area contributed by atoms with Gasteiger partial charge in [-0.25, -0.2) is 9.78 Å². The molecule has 1 aliphatic carbocycles. The van der Waals surface area contributed by atoms with E-state index in [0.29, 0.717) is 6.42 Å². The van der Waals surface area contributed by atoms with Crippen LogP contribution in [0.4, 0.5) is 0 Å². The number of esters is 1. The van der Waals surface area contributed by atoms with Crippen molar-refractivity contribution in [1.29, 1.82) is 0 Å². The van der Waals surface area contributed by atoms with E-state index in [1.807, 2.05) is 0 Å². The van der Waals surface area contributed by atoms with Crippen molar-refractivity contribution in [2.24, 2.45) is 5.92 Å². The lowest BCUT2D eigenvalue weighted by molar-refractivity contribution is -0.145. The highest BCUT2D eigenvalue weighted by Gasteiger charge is 2.28. The van der Waals surface area contributed by atoms with Crippen molar-refractivity contribution in [2.45, 2.75) is 32.2 Å². The number of aromatic amines is 1. The number of imidazole rings is 1. The van der Waals surface area contributed by atoms with Crippen LogP contribution < -0.4 is 5.32 Å². The van der Waals surface area contributed by atoms with Gasteiger partial charge in [0.25, 0.3) is 0 Å². The minimum Gasteiger partial charge on any atom is -0.467 e. The maximum atomic E-state index is 12.0. The van der Waals surface area contributed by atoms with Crippen LogP contribution in [0.3, 0.4) is 0 Å². The topological polar surface area (TPSA) is 84.1 Å². The number of hydrogen-bond donors (Lipinski definition) is 2. The lowest BCUT2D eigenvalue weighted by Gasteiger charge is -2.22. The molecule has 18 heavy (non-hydrogen) atoms. The van der Waals surface area contributed by atoms with Gasteiger partial charge >= 0.3 is 5.97 Å². The van der Waals surface area contributed by atoms with Crippen molar-refractivity contribution in [3.63, 3.8) is 0 Å². The largest absolute Gasteiger partial charge is 0.467 e. The SMILES string of the molecule is COC(=O)[C@@H](C)NC(=O)C1CCc2nc[nH]c2C1.